The lowest BCUT2D eigenvalue weighted by Gasteiger charge is -2.11. The van der Waals surface area contributed by atoms with Gasteiger partial charge in [0.2, 0.25) is 0 Å². The molecule has 0 radical (unpaired) electrons. The lowest BCUT2D eigenvalue weighted by Crippen LogP contribution is -2.09. The van der Waals surface area contributed by atoms with E-state index < -0.39 is 0 Å². The number of hydrogen-bond donors (Lipinski definition) is 1. The molecule has 0 saturated heterocycles. The Kier molecular flexibility index (Phi) is 1.65. The molecule has 0 amide bonds. The van der Waals surface area contributed by atoms with E-state index in [9.17, 15) is 4.39 Å². The van der Waals surface area contributed by atoms with Crippen molar-refractivity contribution in [2.75, 3.05) is 0 Å². The Morgan fingerprint density at radius 1 is 1.20 bits per heavy atom. The van der Waals surface area contributed by atoms with Gasteiger partial charge in [0.05, 0.1) is 11.9 Å². The molecule has 0 atom stereocenters. The maximum atomic E-state index is 12.8. The molecule has 1 aliphatic rings. The third-order valence-electron chi connectivity index (χ3n) is 3.05. The smallest absolute Gasteiger partial charge is 0.123 e. The Hall–Kier alpha value is -1.71. The molecule has 1 aromatic carbocycles. The number of nitrogens with one attached hydrogen (secondary N) is 1. The minimum Gasteiger partial charge on any atom is -0.207 e. The molecule has 1 aromatic heterocycles. The number of hydrogen-bond acceptors (Lipinski definition) is 2. The van der Waals surface area contributed by atoms with Gasteiger partial charge < -0.3 is 0 Å². The van der Waals surface area contributed by atoms with E-state index in [0.29, 0.717) is 0 Å². The second kappa shape index (κ2) is 2.89. The first-order valence-electron chi connectivity index (χ1n) is 4.94. The van der Waals surface area contributed by atoms with Crippen LogP contribution in [-0.2, 0) is 5.41 Å². The number of nitrogens with zero attached hydrogens (tertiary/aromatic N) is 2. The highest BCUT2D eigenvalue weighted by molar-refractivity contribution is 5.40. The van der Waals surface area contributed by atoms with Gasteiger partial charge in [-0.25, -0.2) is 4.39 Å². The molecule has 0 unspecified atom stereocenters. The standard InChI is InChI=1S/C11H10FN3/c12-9-3-1-8(2-4-9)11(5-6-11)10-7-13-15-14-10/h1-4,7H,5-6H2,(H,13,14,15). The molecule has 0 bridgehead atoms. The van der Waals surface area contributed by atoms with Crippen molar-refractivity contribution < 1.29 is 4.39 Å². The molecular formula is C11H10FN3. The van der Waals surface area contributed by atoms with Crippen LogP contribution >= 0.6 is 0 Å². The summed E-state index contributed by atoms with van der Waals surface area (Å²) in [6, 6.07) is 6.65. The molecule has 3 nitrogen and oxygen atoms in total. The first-order chi connectivity index (χ1) is 7.31. The molecule has 0 aliphatic heterocycles. The molecule has 76 valence electrons. The zero-order valence-electron chi connectivity index (χ0n) is 8.07. The van der Waals surface area contributed by atoms with Gasteiger partial charge in [0.1, 0.15) is 5.82 Å². The summed E-state index contributed by atoms with van der Waals surface area (Å²) in [6.07, 6.45) is 3.87. The molecule has 15 heavy (non-hydrogen) atoms. The minimum atomic E-state index is -0.199. The number of H-pyrrole nitrogens is 1. The van der Waals surface area contributed by atoms with Crippen LogP contribution in [0.3, 0.4) is 0 Å². The van der Waals surface area contributed by atoms with E-state index in [1.54, 1.807) is 6.20 Å². The van der Waals surface area contributed by atoms with Crippen LogP contribution in [0.1, 0.15) is 24.1 Å². The van der Waals surface area contributed by atoms with Gasteiger partial charge in [0.25, 0.3) is 0 Å². The number of rotatable bonds is 2. The highest BCUT2D eigenvalue weighted by Crippen LogP contribution is 2.52. The number of benzene rings is 1. The van der Waals surface area contributed by atoms with Crippen molar-refractivity contribution in [3.05, 3.63) is 47.5 Å². The molecule has 1 heterocycles. The lowest BCUT2D eigenvalue weighted by atomic mass is 9.93. The van der Waals surface area contributed by atoms with Gasteiger partial charge in [0, 0.05) is 5.41 Å². The summed E-state index contributed by atoms with van der Waals surface area (Å²) in [4.78, 5) is 0. The van der Waals surface area contributed by atoms with E-state index >= 15 is 0 Å². The molecule has 3 rings (SSSR count). The largest absolute Gasteiger partial charge is 0.207 e. The Balaban J connectivity index is 2.04. The summed E-state index contributed by atoms with van der Waals surface area (Å²) >= 11 is 0. The second-order valence-corrected chi connectivity index (χ2v) is 3.94. The fourth-order valence-corrected chi connectivity index (χ4v) is 2.02. The van der Waals surface area contributed by atoms with Crippen LogP contribution in [0.5, 0.6) is 0 Å². The summed E-state index contributed by atoms with van der Waals surface area (Å²) in [6.45, 7) is 0. The maximum absolute atomic E-state index is 12.8. The predicted octanol–water partition coefficient (Wildman–Crippen LogP) is 2.02. The van der Waals surface area contributed by atoms with Gasteiger partial charge in [-0.05, 0) is 30.5 Å². The van der Waals surface area contributed by atoms with Gasteiger partial charge in [-0.15, -0.1) is 0 Å². The Labute approximate surface area is 86.3 Å². The number of halogens is 1. The van der Waals surface area contributed by atoms with E-state index in [2.05, 4.69) is 15.4 Å². The van der Waals surface area contributed by atoms with Gasteiger partial charge in [-0.1, -0.05) is 12.1 Å². The lowest BCUT2D eigenvalue weighted by molar-refractivity contribution is 0.625. The van der Waals surface area contributed by atoms with Crippen LogP contribution in [0.15, 0.2) is 30.5 Å². The van der Waals surface area contributed by atoms with Gasteiger partial charge in [0.15, 0.2) is 0 Å². The van der Waals surface area contributed by atoms with E-state index in [4.69, 9.17) is 0 Å². The topological polar surface area (TPSA) is 41.6 Å². The van der Waals surface area contributed by atoms with E-state index in [-0.39, 0.29) is 11.2 Å². The van der Waals surface area contributed by atoms with Gasteiger partial charge in [-0.2, -0.15) is 15.4 Å². The Morgan fingerprint density at radius 3 is 2.47 bits per heavy atom. The average Bonchev–Trinajstić information content (AvgIpc) is 2.88. The first kappa shape index (κ1) is 8.59. The van der Waals surface area contributed by atoms with E-state index in [1.807, 2.05) is 12.1 Å². The Morgan fingerprint density at radius 2 is 1.93 bits per heavy atom. The molecule has 1 saturated carbocycles. The SMILES string of the molecule is Fc1ccc(C2(c3cn[nH]n3)CC2)cc1. The number of aromatic nitrogens is 3. The quantitative estimate of drug-likeness (QED) is 0.811. The summed E-state index contributed by atoms with van der Waals surface area (Å²) in [5.41, 5.74) is 2.06. The molecule has 1 fully saturated rings. The van der Waals surface area contributed by atoms with E-state index in [0.717, 1.165) is 24.1 Å². The van der Waals surface area contributed by atoms with E-state index in [1.165, 1.54) is 12.1 Å². The van der Waals surface area contributed by atoms with Crippen LogP contribution in [0, 0.1) is 5.82 Å². The predicted molar refractivity (Wildman–Crippen MR) is 52.8 cm³/mol. The molecule has 1 N–H and O–H groups in total. The normalized spacial score (nSPS) is 17.7. The third-order valence-corrected chi connectivity index (χ3v) is 3.05. The van der Waals surface area contributed by atoms with Crippen LogP contribution < -0.4 is 0 Å². The van der Waals surface area contributed by atoms with Crippen molar-refractivity contribution in [3.63, 3.8) is 0 Å². The van der Waals surface area contributed by atoms with Gasteiger partial charge in [-0.3, -0.25) is 0 Å². The van der Waals surface area contributed by atoms with Crippen molar-refractivity contribution >= 4 is 0 Å². The van der Waals surface area contributed by atoms with Crippen LogP contribution in [0.2, 0.25) is 0 Å². The van der Waals surface area contributed by atoms with Crippen molar-refractivity contribution in [1.29, 1.82) is 0 Å². The summed E-state index contributed by atoms with van der Waals surface area (Å²) in [5, 5.41) is 10.6. The van der Waals surface area contributed by atoms with Crippen LogP contribution in [0.4, 0.5) is 4.39 Å². The van der Waals surface area contributed by atoms with Crippen LogP contribution in [0.25, 0.3) is 0 Å². The van der Waals surface area contributed by atoms with Crippen molar-refractivity contribution in [2.24, 2.45) is 0 Å². The second-order valence-electron chi connectivity index (χ2n) is 3.94. The zero-order chi connectivity index (χ0) is 10.3. The first-order valence-corrected chi connectivity index (χ1v) is 4.94. The molecule has 0 spiro atoms. The highest BCUT2D eigenvalue weighted by Gasteiger charge is 2.47. The average molecular weight is 203 g/mol. The summed E-state index contributed by atoms with van der Waals surface area (Å²) in [5.74, 6) is -0.199. The summed E-state index contributed by atoms with van der Waals surface area (Å²) < 4.78 is 12.8. The molecule has 4 heteroatoms. The van der Waals surface area contributed by atoms with Crippen molar-refractivity contribution in [1.82, 2.24) is 15.4 Å². The van der Waals surface area contributed by atoms with Crippen LogP contribution in [-0.4, -0.2) is 15.4 Å². The Bertz CT molecular complexity index is 457. The molecular weight excluding hydrogens is 193 g/mol. The molecule has 2 aromatic rings. The number of aromatic amines is 1. The van der Waals surface area contributed by atoms with Crippen molar-refractivity contribution in [3.8, 4) is 0 Å². The van der Waals surface area contributed by atoms with Crippen molar-refractivity contribution in [2.45, 2.75) is 18.3 Å². The zero-order valence-corrected chi connectivity index (χ0v) is 8.07. The highest BCUT2D eigenvalue weighted by atomic mass is 19.1. The molecule has 1 aliphatic carbocycles. The minimum absolute atomic E-state index is 0.0132. The monoisotopic (exact) mass is 203 g/mol. The fraction of sp³-hybridized carbons (Fsp3) is 0.273. The fourth-order valence-electron chi connectivity index (χ4n) is 2.02. The van der Waals surface area contributed by atoms with Gasteiger partial charge >= 0.3 is 0 Å². The maximum Gasteiger partial charge on any atom is 0.123 e. The third kappa shape index (κ3) is 1.25. The summed E-state index contributed by atoms with van der Waals surface area (Å²) in [7, 11) is 0.